The molecule has 24 heavy (non-hydrogen) atoms. The second kappa shape index (κ2) is 7.42. The monoisotopic (exact) mass is 366 g/mol. The maximum Gasteiger partial charge on any atom is 0.416 e. The molecule has 1 unspecified atom stereocenters. The highest BCUT2D eigenvalue weighted by atomic mass is 32.2. The number of sulfonamides is 1. The highest BCUT2D eigenvalue weighted by Crippen LogP contribution is 2.30. The van der Waals surface area contributed by atoms with E-state index in [1.807, 2.05) is 13.8 Å². The van der Waals surface area contributed by atoms with Gasteiger partial charge in [-0.1, -0.05) is 13.8 Å². The van der Waals surface area contributed by atoms with Crippen LogP contribution in [0.4, 0.5) is 18.9 Å². The van der Waals surface area contributed by atoms with E-state index in [1.165, 1.54) is 0 Å². The number of carbonyl (C=O) groups excluding carboxylic acids is 1. The summed E-state index contributed by atoms with van der Waals surface area (Å²) in [6.45, 7) is 5.08. The van der Waals surface area contributed by atoms with Crippen LogP contribution in [0.15, 0.2) is 24.3 Å². The van der Waals surface area contributed by atoms with Gasteiger partial charge in [-0.15, -0.1) is 0 Å². The zero-order chi connectivity index (χ0) is 18.7. The standard InChI is InChI=1S/C15H21F3N2O3S/c1-10(2)11(3)19-14(21)9-20(24(4,22)23)13-7-5-12(6-8-13)15(16,17)18/h5-8,10-11H,9H2,1-4H3,(H,19,21). The molecule has 0 radical (unpaired) electrons. The molecule has 9 heteroatoms. The van der Waals surface area contributed by atoms with Gasteiger partial charge in [-0.25, -0.2) is 8.42 Å². The van der Waals surface area contributed by atoms with Crippen molar-refractivity contribution < 1.29 is 26.4 Å². The van der Waals surface area contributed by atoms with Gasteiger partial charge in [0.05, 0.1) is 17.5 Å². The Kier molecular flexibility index (Phi) is 6.26. The lowest BCUT2D eigenvalue weighted by atomic mass is 10.1. The molecule has 0 aromatic heterocycles. The van der Waals surface area contributed by atoms with Crippen molar-refractivity contribution in [1.82, 2.24) is 5.32 Å². The number of amides is 1. The van der Waals surface area contributed by atoms with Gasteiger partial charge in [0.25, 0.3) is 0 Å². The van der Waals surface area contributed by atoms with Crippen molar-refractivity contribution in [2.75, 3.05) is 17.1 Å². The first-order valence-electron chi connectivity index (χ1n) is 7.26. The van der Waals surface area contributed by atoms with Crippen LogP contribution in [0.3, 0.4) is 0 Å². The molecule has 0 aliphatic carbocycles. The molecule has 1 atom stereocenters. The Bertz CT molecular complexity index is 670. The van der Waals surface area contributed by atoms with Crippen molar-refractivity contribution in [3.8, 4) is 0 Å². The molecule has 5 nitrogen and oxygen atoms in total. The number of benzene rings is 1. The van der Waals surface area contributed by atoms with Gasteiger partial charge in [0.15, 0.2) is 0 Å². The predicted molar refractivity (Wildman–Crippen MR) is 86.1 cm³/mol. The Morgan fingerprint density at radius 2 is 1.67 bits per heavy atom. The van der Waals surface area contributed by atoms with Crippen LogP contribution in [0.2, 0.25) is 0 Å². The smallest absolute Gasteiger partial charge is 0.352 e. The van der Waals surface area contributed by atoms with Gasteiger partial charge in [-0.3, -0.25) is 9.10 Å². The highest BCUT2D eigenvalue weighted by Gasteiger charge is 2.31. The first-order chi connectivity index (χ1) is 10.8. The molecule has 0 spiro atoms. The zero-order valence-corrected chi connectivity index (χ0v) is 14.7. The fourth-order valence-corrected chi connectivity index (χ4v) is 2.67. The Morgan fingerprint density at radius 1 is 1.17 bits per heavy atom. The SMILES string of the molecule is CC(C)C(C)NC(=O)CN(c1ccc(C(F)(F)F)cc1)S(C)(=O)=O. The third-order valence-corrected chi connectivity index (χ3v) is 4.70. The van der Waals surface area contributed by atoms with Crippen molar-refractivity contribution in [3.63, 3.8) is 0 Å². The van der Waals surface area contributed by atoms with Crippen LogP contribution in [0.1, 0.15) is 26.3 Å². The van der Waals surface area contributed by atoms with Crippen LogP contribution < -0.4 is 9.62 Å². The minimum atomic E-state index is -4.52. The number of rotatable bonds is 6. The molecule has 0 fully saturated rings. The molecule has 0 heterocycles. The minimum Gasteiger partial charge on any atom is -0.352 e. The normalized spacial score (nSPS) is 13.7. The van der Waals surface area contributed by atoms with Crippen LogP contribution in [0.5, 0.6) is 0 Å². The first-order valence-corrected chi connectivity index (χ1v) is 9.11. The number of hydrogen-bond acceptors (Lipinski definition) is 3. The summed E-state index contributed by atoms with van der Waals surface area (Å²) in [7, 11) is -3.83. The first kappa shape index (κ1) is 20.3. The predicted octanol–water partition coefficient (Wildman–Crippen LogP) is 2.63. The number of anilines is 1. The van der Waals surface area contributed by atoms with Gasteiger partial charge < -0.3 is 5.32 Å². The fraction of sp³-hybridized carbons (Fsp3) is 0.533. The lowest BCUT2D eigenvalue weighted by Crippen LogP contribution is -2.44. The van der Waals surface area contributed by atoms with E-state index in [-0.39, 0.29) is 17.6 Å². The Balaban J connectivity index is 3.01. The lowest BCUT2D eigenvalue weighted by Gasteiger charge is -2.24. The summed E-state index contributed by atoms with van der Waals surface area (Å²) in [5.41, 5.74) is -0.893. The van der Waals surface area contributed by atoms with E-state index >= 15 is 0 Å². The van der Waals surface area contributed by atoms with Crippen LogP contribution in [-0.4, -0.2) is 33.2 Å². The van der Waals surface area contributed by atoms with E-state index in [4.69, 9.17) is 0 Å². The topological polar surface area (TPSA) is 66.5 Å². The molecule has 1 rings (SSSR count). The summed E-state index contributed by atoms with van der Waals surface area (Å²) >= 11 is 0. The summed E-state index contributed by atoms with van der Waals surface area (Å²) in [6, 6.07) is 3.46. The summed E-state index contributed by atoms with van der Waals surface area (Å²) < 4.78 is 62.3. The van der Waals surface area contributed by atoms with Crippen molar-refractivity contribution in [3.05, 3.63) is 29.8 Å². The largest absolute Gasteiger partial charge is 0.416 e. The molecule has 1 aromatic rings. The number of hydrogen-bond donors (Lipinski definition) is 1. The third-order valence-electron chi connectivity index (χ3n) is 3.56. The summed E-state index contributed by atoms with van der Waals surface area (Å²) in [5.74, 6) is -0.367. The van der Waals surface area contributed by atoms with Crippen LogP contribution in [-0.2, 0) is 21.0 Å². The summed E-state index contributed by atoms with van der Waals surface area (Å²) in [5, 5.41) is 2.66. The van der Waals surface area contributed by atoms with E-state index < -0.39 is 34.2 Å². The molecular formula is C15H21F3N2O3S. The third kappa shape index (κ3) is 5.70. The average Bonchev–Trinajstić information content (AvgIpc) is 2.42. The molecule has 0 aliphatic rings. The quantitative estimate of drug-likeness (QED) is 0.842. The van der Waals surface area contributed by atoms with Gasteiger partial charge in [-0.2, -0.15) is 13.2 Å². The number of carbonyl (C=O) groups is 1. The summed E-state index contributed by atoms with van der Waals surface area (Å²) in [6.07, 6.45) is -3.62. The molecule has 1 N–H and O–H groups in total. The Morgan fingerprint density at radius 3 is 2.04 bits per heavy atom. The van der Waals surface area contributed by atoms with E-state index in [1.54, 1.807) is 6.92 Å². The molecule has 136 valence electrons. The average molecular weight is 366 g/mol. The van der Waals surface area contributed by atoms with E-state index in [0.29, 0.717) is 0 Å². The highest BCUT2D eigenvalue weighted by molar-refractivity contribution is 7.92. The molecule has 0 bridgehead atoms. The summed E-state index contributed by atoms with van der Waals surface area (Å²) in [4.78, 5) is 12.0. The van der Waals surface area contributed by atoms with Crippen molar-refractivity contribution >= 4 is 21.6 Å². The second-order valence-electron chi connectivity index (χ2n) is 5.91. The maximum atomic E-state index is 12.6. The number of alkyl halides is 3. The van der Waals surface area contributed by atoms with Gasteiger partial charge in [0, 0.05) is 6.04 Å². The fourth-order valence-electron chi connectivity index (χ4n) is 1.81. The second-order valence-corrected chi connectivity index (χ2v) is 7.82. The van der Waals surface area contributed by atoms with Gasteiger partial charge in [-0.05, 0) is 37.1 Å². The molecule has 1 aromatic carbocycles. The van der Waals surface area contributed by atoms with Crippen LogP contribution in [0.25, 0.3) is 0 Å². The Hall–Kier alpha value is -1.77. The van der Waals surface area contributed by atoms with Crippen molar-refractivity contribution in [2.45, 2.75) is 33.0 Å². The lowest BCUT2D eigenvalue weighted by molar-refractivity contribution is -0.137. The number of halogens is 3. The number of nitrogens with zero attached hydrogens (tertiary/aromatic N) is 1. The maximum absolute atomic E-state index is 12.6. The van der Waals surface area contributed by atoms with Gasteiger partial charge >= 0.3 is 6.18 Å². The molecule has 0 saturated carbocycles. The van der Waals surface area contributed by atoms with Crippen molar-refractivity contribution in [2.24, 2.45) is 5.92 Å². The van der Waals surface area contributed by atoms with Crippen LogP contribution >= 0.6 is 0 Å². The molecular weight excluding hydrogens is 345 g/mol. The van der Waals surface area contributed by atoms with Crippen LogP contribution in [0, 0.1) is 5.92 Å². The molecule has 0 saturated heterocycles. The molecule has 0 aliphatic heterocycles. The van der Waals surface area contributed by atoms with E-state index in [0.717, 1.165) is 34.8 Å². The van der Waals surface area contributed by atoms with Crippen molar-refractivity contribution in [1.29, 1.82) is 0 Å². The van der Waals surface area contributed by atoms with Gasteiger partial charge in [0.2, 0.25) is 15.9 Å². The van der Waals surface area contributed by atoms with E-state index in [9.17, 15) is 26.4 Å². The number of nitrogens with one attached hydrogen (secondary N) is 1. The van der Waals surface area contributed by atoms with Gasteiger partial charge in [0.1, 0.15) is 6.54 Å². The minimum absolute atomic E-state index is 0.00199. The zero-order valence-electron chi connectivity index (χ0n) is 13.9. The van der Waals surface area contributed by atoms with E-state index in [2.05, 4.69) is 5.32 Å². The molecule has 1 amide bonds. The Labute approximate surface area is 139 Å².